The Bertz CT molecular complexity index is 655. The monoisotopic (exact) mass is 384 g/mol. The van der Waals surface area contributed by atoms with Crippen LogP contribution in [0.2, 0.25) is 0 Å². The van der Waals surface area contributed by atoms with Gasteiger partial charge in [-0.25, -0.2) is 0 Å². The van der Waals surface area contributed by atoms with Crippen molar-refractivity contribution in [3.8, 4) is 0 Å². The van der Waals surface area contributed by atoms with E-state index in [1.165, 1.54) is 57.8 Å². The number of aliphatic hydroxyl groups excluding tert-OH is 1. The van der Waals surface area contributed by atoms with Crippen LogP contribution in [-0.4, -0.2) is 11.2 Å². The van der Waals surface area contributed by atoms with Gasteiger partial charge in [0.15, 0.2) is 0 Å². The van der Waals surface area contributed by atoms with Crippen LogP contribution in [0.15, 0.2) is 22.8 Å². The first-order chi connectivity index (χ1) is 13.3. The maximum absolute atomic E-state index is 10.4. The van der Waals surface area contributed by atoms with Gasteiger partial charge in [-0.05, 0) is 97.0 Å². The smallest absolute Gasteiger partial charge is 0.0548 e. The number of rotatable bonds is 5. The van der Waals surface area contributed by atoms with Crippen molar-refractivity contribution < 1.29 is 5.11 Å². The van der Waals surface area contributed by atoms with E-state index in [1.807, 2.05) is 0 Å². The van der Waals surface area contributed by atoms with Crippen LogP contribution in [-0.2, 0) is 0 Å². The van der Waals surface area contributed by atoms with Gasteiger partial charge in [-0.3, -0.25) is 0 Å². The van der Waals surface area contributed by atoms with E-state index in [2.05, 4.69) is 40.7 Å². The summed E-state index contributed by atoms with van der Waals surface area (Å²) in [5, 5.41) is 10.4. The van der Waals surface area contributed by atoms with E-state index in [0.717, 1.165) is 36.5 Å². The molecule has 28 heavy (non-hydrogen) atoms. The minimum absolute atomic E-state index is 0.0762. The molecule has 4 aliphatic rings. The quantitative estimate of drug-likeness (QED) is 0.521. The van der Waals surface area contributed by atoms with Gasteiger partial charge in [0, 0.05) is 0 Å². The number of hydrogen-bond acceptors (Lipinski definition) is 1. The molecule has 4 rings (SSSR count). The number of hydrogen-bond donors (Lipinski definition) is 1. The lowest BCUT2D eigenvalue weighted by atomic mass is 9.51. The van der Waals surface area contributed by atoms with E-state index < -0.39 is 0 Å². The number of fused-ring (bicyclic) bond motifs is 4. The molecule has 4 aliphatic carbocycles. The van der Waals surface area contributed by atoms with E-state index in [4.69, 9.17) is 0 Å². The summed E-state index contributed by atoms with van der Waals surface area (Å²) in [6.07, 6.45) is 16.6. The van der Waals surface area contributed by atoms with Crippen molar-refractivity contribution in [1.82, 2.24) is 0 Å². The Morgan fingerprint density at radius 3 is 2.57 bits per heavy atom. The van der Waals surface area contributed by atoms with Crippen molar-refractivity contribution in [2.24, 2.45) is 34.5 Å². The van der Waals surface area contributed by atoms with Crippen LogP contribution >= 0.6 is 0 Å². The van der Waals surface area contributed by atoms with E-state index in [0.29, 0.717) is 5.41 Å². The Kier molecular flexibility index (Phi) is 5.62. The summed E-state index contributed by atoms with van der Waals surface area (Å²) >= 11 is 0. The minimum Gasteiger partial charge on any atom is -0.393 e. The highest BCUT2D eigenvalue weighted by Gasteiger charge is 2.53. The van der Waals surface area contributed by atoms with E-state index in [-0.39, 0.29) is 11.5 Å². The lowest BCUT2D eigenvalue weighted by Gasteiger charge is -2.54. The predicted octanol–water partition coefficient (Wildman–Crippen LogP) is 7.45. The molecule has 0 aliphatic heterocycles. The van der Waals surface area contributed by atoms with Crippen molar-refractivity contribution in [3.05, 3.63) is 22.8 Å². The van der Waals surface area contributed by atoms with Crippen molar-refractivity contribution in [2.75, 3.05) is 0 Å². The van der Waals surface area contributed by atoms with Gasteiger partial charge in [-0.15, -0.1) is 0 Å². The lowest BCUT2D eigenvalue weighted by Crippen LogP contribution is -2.44. The Labute approximate surface area is 174 Å². The Morgan fingerprint density at radius 2 is 1.82 bits per heavy atom. The van der Waals surface area contributed by atoms with Gasteiger partial charge in [-0.2, -0.15) is 0 Å². The topological polar surface area (TPSA) is 20.2 Å². The fourth-order valence-electron chi connectivity index (χ4n) is 7.87. The van der Waals surface area contributed by atoms with Crippen LogP contribution in [0.1, 0.15) is 105 Å². The Balaban J connectivity index is 1.55. The van der Waals surface area contributed by atoms with Crippen molar-refractivity contribution in [1.29, 1.82) is 0 Å². The van der Waals surface area contributed by atoms with E-state index in [1.54, 1.807) is 16.7 Å². The molecule has 1 fully saturated rings. The largest absolute Gasteiger partial charge is 0.393 e. The highest BCUT2D eigenvalue weighted by molar-refractivity contribution is 5.49. The normalized spacial score (nSPS) is 41.4. The standard InChI is InChI=1S/C27H44O/c1-18(2)7-6-8-19(3)23-13-14-24-22-12-10-20-9-11-21(28)17-27(20,5)25(22)15-16-26(23,24)4/h14,18-21,23,28H,6-13,15-17H2,1-5H3/t19-,20?,21?,23-,26-,27+/m1/s1. The molecule has 6 atom stereocenters. The summed E-state index contributed by atoms with van der Waals surface area (Å²) in [5.41, 5.74) is 5.94. The van der Waals surface area contributed by atoms with Gasteiger partial charge in [0.1, 0.15) is 0 Å². The molecule has 0 heterocycles. The Hall–Kier alpha value is -0.560. The van der Waals surface area contributed by atoms with Gasteiger partial charge in [-0.1, -0.05) is 65.5 Å². The highest BCUT2D eigenvalue weighted by atomic mass is 16.3. The van der Waals surface area contributed by atoms with Crippen LogP contribution in [0.4, 0.5) is 0 Å². The first-order valence-corrected chi connectivity index (χ1v) is 12.4. The second-order valence-corrected chi connectivity index (χ2v) is 11.7. The predicted molar refractivity (Wildman–Crippen MR) is 119 cm³/mol. The average molecular weight is 385 g/mol. The van der Waals surface area contributed by atoms with Gasteiger partial charge in [0.05, 0.1) is 6.10 Å². The molecule has 1 N–H and O–H groups in total. The second kappa shape index (κ2) is 7.60. The molecule has 2 unspecified atom stereocenters. The third-order valence-electron chi connectivity index (χ3n) is 9.56. The summed E-state index contributed by atoms with van der Waals surface area (Å²) in [6.45, 7) is 12.3. The van der Waals surface area contributed by atoms with Gasteiger partial charge >= 0.3 is 0 Å². The molecule has 0 aromatic rings. The molecule has 0 aromatic heterocycles. The SMILES string of the molecule is CC(C)CCC[C@@H](C)[C@H]1CC=C2C3=C(CC[C@@]21C)[C@@]1(C)CC(O)CCC1CC3. The van der Waals surface area contributed by atoms with Crippen LogP contribution in [0.25, 0.3) is 0 Å². The molecule has 0 aromatic carbocycles. The molecular weight excluding hydrogens is 340 g/mol. The molecule has 1 saturated carbocycles. The third-order valence-corrected chi connectivity index (χ3v) is 9.56. The Morgan fingerprint density at radius 1 is 1.04 bits per heavy atom. The summed E-state index contributed by atoms with van der Waals surface area (Å²) in [6, 6.07) is 0. The molecule has 0 radical (unpaired) electrons. The summed E-state index contributed by atoms with van der Waals surface area (Å²) in [5.74, 6) is 3.32. The van der Waals surface area contributed by atoms with Crippen LogP contribution in [0.5, 0.6) is 0 Å². The first kappa shape index (κ1) is 20.7. The third kappa shape index (κ3) is 3.34. The van der Waals surface area contributed by atoms with E-state index in [9.17, 15) is 5.11 Å². The first-order valence-electron chi connectivity index (χ1n) is 12.4. The van der Waals surface area contributed by atoms with Gasteiger partial charge < -0.3 is 5.11 Å². The van der Waals surface area contributed by atoms with Gasteiger partial charge in [0.2, 0.25) is 0 Å². The molecule has 0 saturated heterocycles. The second-order valence-electron chi connectivity index (χ2n) is 11.7. The van der Waals surface area contributed by atoms with Crippen molar-refractivity contribution in [2.45, 2.75) is 111 Å². The summed E-state index contributed by atoms with van der Waals surface area (Å²) < 4.78 is 0. The molecule has 0 spiro atoms. The average Bonchev–Trinajstić information content (AvgIpc) is 2.98. The molecule has 158 valence electrons. The van der Waals surface area contributed by atoms with Gasteiger partial charge in [0.25, 0.3) is 0 Å². The molecule has 0 amide bonds. The fraction of sp³-hybridized carbons (Fsp3) is 0.852. The van der Waals surface area contributed by atoms with Crippen molar-refractivity contribution in [3.63, 3.8) is 0 Å². The van der Waals surface area contributed by atoms with Crippen LogP contribution in [0.3, 0.4) is 0 Å². The maximum Gasteiger partial charge on any atom is 0.0548 e. The highest BCUT2D eigenvalue weighted by Crippen LogP contribution is 2.64. The van der Waals surface area contributed by atoms with E-state index >= 15 is 0 Å². The summed E-state index contributed by atoms with van der Waals surface area (Å²) in [4.78, 5) is 0. The molecule has 1 heteroatoms. The molecule has 1 nitrogen and oxygen atoms in total. The summed E-state index contributed by atoms with van der Waals surface area (Å²) in [7, 11) is 0. The lowest BCUT2D eigenvalue weighted by molar-refractivity contribution is 0.0183. The number of aliphatic hydroxyl groups is 1. The van der Waals surface area contributed by atoms with Crippen LogP contribution < -0.4 is 0 Å². The molecular formula is C27H44O. The van der Waals surface area contributed by atoms with Crippen molar-refractivity contribution >= 4 is 0 Å². The zero-order valence-electron chi connectivity index (χ0n) is 19.2. The van der Waals surface area contributed by atoms with Crippen LogP contribution in [0, 0.1) is 34.5 Å². The zero-order chi connectivity index (χ0) is 20.1. The minimum atomic E-state index is -0.0762. The fourth-order valence-corrected chi connectivity index (χ4v) is 7.87. The maximum atomic E-state index is 10.4. The molecule has 0 bridgehead atoms. The zero-order valence-corrected chi connectivity index (χ0v) is 19.2. The number of allylic oxidation sites excluding steroid dienone is 4.